The van der Waals surface area contributed by atoms with E-state index in [1.165, 1.54) is 19.3 Å². The topological polar surface area (TPSA) is 38.3 Å². The number of esters is 1. The standard InChI is InChI=1S/C11H21NO2/c1-3-5-9-6-7-12-10(8-9)11(13)14-4-2/h9-10,12H,3-8H2,1-2H3. The van der Waals surface area contributed by atoms with Gasteiger partial charge in [0, 0.05) is 0 Å². The summed E-state index contributed by atoms with van der Waals surface area (Å²) in [6, 6.07) is -0.0553. The normalized spacial score (nSPS) is 27.3. The fourth-order valence-electron chi connectivity index (χ4n) is 2.09. The van der Waals surface area contributed by atoms with Crippen LogP contribution in [-0.4, -0.2) is 25.2 Å². The lowest BCUT2D eigenvalue weighted by Gasteiger charge is -2.28. The van der Waals surface area contributed by atoms with Gasteiger partial charge < -0.3 is 10.1 Å². The molecule has 3 heteroatoms. The largest absolute Gasteiger partial charge is 0.465 e. The molecule has 0 radical (unpaired) electrons. The third-order valence-corrected chi connectivity index (χ3v) is 2.78. The molecule has 2 atom stereocenters. The van der Waals surface area contributed by atoms with E-state index < -0.39 is 0 Å². The molecule has 1 fully saturated rings. The number of carbonyl (C=O) groups excluding carboxylic acids is 1. The highest BCUT2D eigenvalue weighted by molar-refractivity contribution is 5.75. The van der Waals surface area contributed by atoms with Crippen molar-refractivity contribution in [3.8, 4) is 0 Å². The van der Waals surface area contributed by atoms with Crippen LogP contribution in [0.2, 0.25) is 0 Å². The molecule has 1 aliphatic rings. The van der Waals surface area contributed by atoms with E-state index in [0.29, 0.717) is 12.5 Å². The Bertz CT molecular complexity index is 180. The van der Waals surface area contributed by atoms with E-state index in [1.54, 1.807) is 0 Å². The van der Waals surface area contributed by atoms with E-state index in [0.717, 1.165) is 13.0 Å². The van der Waals surface area contributed by atoms with Gasteiger partial charge in [-0.3, -0.25) is 4.79 Å². The van der Waals surface area contributed by atoms with E-state index in [2.05, 4.69) is 12.2 Å². The van der Waals surface area contributed by atoms with Crippen molar-refractivity contribution in [2.45, 2.75) is 45.6 Å². The van der Waals surface area contributed by atoms with Crippen LogP contribution < -0.4 is 5.32 Å². The average Bonchev–Trinajstić information content (AvgIpc) is 2.19. The summed E-state index contributed by atoms with van der Waals surface area (Å²) in [6.07, 6.45) is 4.59. The number of rotatable bonds is 4. The van der Waals surface area contributed by atoms with Crippen LogP contribution in [0.25, 0.3) is 0 Å². The summed E-state index contributed by atoms with van der Waals surface area (Å²) < 4.78 is 5.01. The minimum atomic E-state index is -0.0756. The van der Waals surface area contributed by atoms with Crippen LogP contribution in [0.1, 0.15) is 39.5 Å². The maximum absolute atomic E-state index is 11.5. The van der Waals surface area contributed by atoms with Crippen molar-refractivity contribution < 1.29 is 9.53 Å². The lowest BCUT2D eigenvalue weighted by atomic mass is 9.89. The van der Waals surface area contributed by atoms with Gasteiger partial charge in [0.2, 0.25) is 0 Å². The molecule has 1 heterocycles. The van der Waals surface area contributed by atoms with Gasteiger partial charge in [-0.1, -0.05) is 19.8 Å². The van der Waals surface area contributed by atoms with Gasteiger partial charge in [-0.15, -0.1) is 0 Å². The van der Waals surface area contributed by atoms with Gasteiger partial charge >= 0.3 is 5.97 Å². The number of ether oxygens (including phenoxy) is 1. The zero-order chi connectivity index (χ0) is 10.4. The first-order chi connectivity index (χ1) is 6.77. The highest BCUT2D eigenvalue weighted by atomic mass is 16.5. The predicted molar refractivity (Wildman–Crippen MR) is 56.1 cm³/mol. The second kappa shape index (κ2) is 6.02. The van der Waals surface area contributed by atoms with Gasteiger partial charge in [0.05, 0.1) is 6.61 Å². The van der Waals surface area contributed by atoms with Crippen molar-refractivity contribution in [1.29, 1.82) is 0 Å². The first-order valence-corrected chi connectivity index (χ1v) is 5.68. The van der Waals surface area contributed by atoms with Gasteiger partial charge in [0.1, 0.15) is 6.04 Å². The molecule has 1 aliphatic heterocycles. The van der Waals surface area contributed by atoms with Crippen molar-refractivity contribution >= 4 is 5.97 Å². The molecular formula is C11H21NO2. The van der Waals surface area contributed by atoms with Crippen molar-refractivity contribution in [2.24, 2.45) is 5.92 Å². The number of piperidine rings is 1. The second-order valence-electron chi connectivity index (χ2n) is 3.94. The minimum absolute atomic E-state index is 0.0553. The number of nitrogens with one attached hydrogen (secondary N) is 1. The van der Waals surface area contributed by atoms with Crippen molar-refractivity contribution in [3.05, 3.63) is 0 Å². The zero-order valence-electron chi connectivity index (χ0n) is 9.21. The molecule has 3 nitrogen and oxygen atoms in total. The molecule has 82 valence electrons. The Balaban J connectivity index is 2.35. The molecule has 0 aliphatic carbocycles. The lowest BCUT2D eigenvalue weighted by molar-refractivity contribution is -0.146. The fourth-order valence-corrected chi connectivity index (χ4v) is 2.09. The molecule has 0 bridgehead atoms. The van der Waals surface area contributed by atoms with Crippen LogP contribution in [0.3, 0.4) is 0 Å². The summed E-state index contributed by atoms with van der Waals surface area (Å²) in [5.74, 6) is 0.629. The SMILES string of the molecule is CCCC1CCNC(C(=O)OCC)C1. The quantitative estimate of drug-likeness (QED) is 0.701. The maximum Gasteiger partial charge on any atom is 0.323 e. The van der Waals surface area contributed by atoms with Gasteiger partial charge in [-0.25, -0.2) is 0 Å². The molecular weight excluding hydrogens is 178 g/mol. The molecule has 0 aromatic heterocycles. The smallest absolute Gasteiger partial charge is 0.323 e. The minimum Gasteiger partial charge on any atom is -0.465 e. The van der Waals surface area contributed by atoms with Crippen LogP contribution >= 0.6 is 0 Å². The second-order valence-corrected chi connectivity index (χ2v) is 3.94. The van der Waals surface area contributed by atoms with Crippen molar-refractivity contribution in [3.63, 3.8) is 0 Å². The molecule has 0 aromatic rings. The molecule has 0 aromatic carbocycles. The summed E-state index contributed by atoms with van der Waals surface area (Å²) in [4.78, 5) is 11.5. The van der Waals surface area contributed by atoms with Crippen LogP contribution in [0.4, 0.5) is 0 Å². The summed E-state index contributed by atoms with van der Waals surface area (Å²) in [5.41, 5.74) is 0. The number of carbonyl (C=O) groups is 1. The molecule has 0 saturated carbocycles. The summed E-state index contributed by atoms with van der Waals surface area (Å²) in [5, 5.41) is 3.22. The van der Waals surface area contributed by atoms with Crippen LogP contribution in [0.15, 0.2) is 0 Å². The highest BCUT2D eigenvalue weighted by Crippen LogP contribution is 2.21. The molecule has 1 rings (SSSR count). The third kappa shape index (κ3) is 3.29. The number of hydrogen-bond acceptors (Lipinski definition) is 3. The summed E-state index contributed by atoms with van der Waals surface area (Å²) in [6.45, 7) is 5.48. The Morgan fingerprint density at radius 3 is 2.93 bits per heavy atom. The van der Waals surface area contributed by atoms with Crippen LogP contribution in [0, 0.1) is 5.92 Å². The fraction of sp³-hybridized carbons (Fsp3) is 0.909. The van der Waals surface area contributed by atoms with Crippen LogP contribution in [-0.2, 0) is 9.53 Å². The van der Waals surface area contributed by atoms with Crippen molar-refractivity contribution in [1.82, 2.24) is 5.32 Å². The van der Waals surface area contributed by atoms with Gasteiger partial charge in [0.25, 0.3) is 0 Å². The van der Waals surface area contributed by atoms with Gasteiger partial charge in [-0.2, -0.15) is 0 Å². The Morgan fingerprint density at radius 1 is 1.50 bits per heavy atom. The van der Waals surface area contributed by atoms with Crippen LogP contribution in [0.5, 0.6) is 0 Å². The Hall–Kier alpha value is -0.570. The van der Waals surface area contributed by atoms with E-state index >= 15 is 0 Å². The average molecular weight is 199 g/mol. The molecule has 2 unspecified atom stereocenters. The molecule has 0 amide bonds. The third-order valence-electron chi connectivity index (χ3n) is 2.78. The Morgan fingerprint density at radius 2 is 2.29 bits per heavy atom. The Kier molecular flexibility index (Phi) is 4.94. The predicted octanol–water partition coefficient (Wildman–Crippen LogP) is 1.72. The molecule has 1 saturated heterocycles. The molecule has 0 spiro atoms. The number of hydrogen-bond donors (Lipinski definition) is 1. The highest BCUT2D eigenvalue weighted by Gasteiger charge is 2.26. The Labute approximate surface area is 86.2 Å². The lowest BCUT2D eigenvalue weighted by Crippen LogP contribution is -2.44. The van der Waals surface area contributed by atoms with E-state index in [-0.39, 0.29) is 12.0 Å². The maximum atomic E-state index is 11.5. The first kappa shape index (κ1) is 11.5. The van der Waals surface area contributed by atoms with Gasteiger partial charge in [0.15, 0.2) is 0 Å². The first-order valence-electron chi connectivity index (χ1n) is 5.68. The van der Waals surface area contributed by atoms with Gasteiger partial charge in [-0.05, 0) is 32.2 Å². The molecule has 14 heavy (non-hydrogen) atoms. The molecule has 1 N–H and O–H groups in total. The zero-order valence-corrected chi connectivity index (χ0v) is 9.21. The van der Waals surface area contributed by atoms with E-state index in [1.807, 2.05) is 6.92 Å². The van der Waals surface area contributed by atoms with E-state index in [9.17, 15) is 4.79 Å². The summed E-state index contributed by atoms with van der Waals surface area (Å²) in [7, 11) is 0. The monoisotopic (exact) mass is 199 g/mol. The summed E-state index contributed by atoms with van der Waals surface area (Å²) >= 11 is 0. The van der Waals surface area contributed by atoms with E-state index in [4.69, 9.17) is 4.74 Å². The van der Waals surface area contributed by atoms with Crippen molar-refractivity contribution in [2.75, 3.05) is 13.2 Å².